The van der Waals surface area contributed by atoms with Crippen LogP contribution < -0.4 is 29.6 Å². The first-order valence-corrected chi connectivity index (χ1v) is 5.01. The van der Waals surface area contributed by atoms with Crippen LogP contribution in [0.4, 0.5) is 17.6 Å². The summed E-state index contributed by atoms with van der Waals surface area (Å²) in [4.78, 5) is 0. The Morgan fingerprint density at radius 2 is 1.64 bits per heavy atom. The Hall–Kier alpha value is 1.25. The molecule has 1 heterocycles. The molecule has 1 rings (SSSR count). The number of halogens is 4. The average molecular weight is 194 g/mol. The summed E-state index contributed by atoms with van der Waals surface area (Å²) in [5.74, 6) is 0. The first kappa shape index (κ1) is 12.3. The van der Waals surface area contributed by atoms with Gasteiger partial charge in [0.05, 0.1) is 5.03 Å². The van der Waals surface area contributed by atoms with Gasteiger partial charge < -0.3 is 1.43 Å². The van der Waals surface area contributed by atoms with E-state index < -0.39 is 38.8 Å². The second-order valence-corrected chi connectivity index (χ2v) is 4.43. The summed E-state index contributed by atoms with van der Waals surface area (Å²) < 4.78 is 49.1. The van der Waals surface area contributed by atoms with Gasteiger partial charge in [-0.25, -0.2) is 13.2 Å². The van der Waals surface area contributed by atoms with Crippen molar-refractivity contribution in [1.29, 1.82) is 0 Å². The fourth-order valence-electron chi connectivity index (χ4n) is 1.04. The van der Waals surface area contributed by atoms with E-state index in [0.717, 1.165) is 0 Å². The predicted octanol–water partition coefficient (Wildman–Crippen LogP) is -1.72. The van der Waals surface area contributed by atoms with E-state index in [1.807, 2.05) is 0 Å². The van der Waals surface area contributed by atoms with Gasteiger partial charge in [0, 0.05) is 0 Å². The van der Waals surface area contributed by atoms with Crippen LogP contribution in [0.15, 0.2) is 0 Å². The van der Waals surface area contributed by atoms with Gasteiger partial charge in [0.15, 0.2) is 12.3 Å². The zero-order valence-electron chi connectivity index (χ0n) is 7.24. The fourth-order valence-corrected chi connectivity index (χ4v) is 2.57. The summed E-state index contributed by atoms with van der Waals surface area (Å²) in [7, 11) is 0. The molecular weight excluding hydrogens is 186 g/mol. The summed E-state index contributed by atoms with van der Waals surface area (Å²) in [6.07, 6.45) is -6.18. The van der Waals surface area contributed by atoms with Crippen LogP contribution in [0.2, 0.25) is 5.28 Å². The second kappa shape index (κ2) is 5.08. The maximum Gasteiger partial charge on any atom is 1.00 e. The van der Waals surface area contributed by atoms with Gasteiger partial charge in [0.1, 0.15) is 6.17 Å². The van der Waals surface area contributed by atoms with Crippen molar-refractivity contribution < 1.29 is 48.5 Å². The standard InChI is InChI=1S/C5H6F4.Al.Na.2H/c1-3(7)5(9)4(8)2-6;;;;/h2-5H,1H2;;;;/q;;+1;;-1. The molecule has 11 heavy (non-hydrogen) atoms. The Bertz CT molecular complexity index is 116. The van der Waals surface area contributed by atoms with Crippen LogP contribution in [0.25, 0.3) is 0 Å². The molecule has 0 bridgehead atoms. The summed E-state index contributed by atoms with van der Waals surface area (Å²) >= 11 is -1.35. The van der Waals surface area contributed by atoms with Crippen molar-refractivity contribution in [3.05, 3.63) is 0 Å². The van der Waals surface area contributed by atoms with Gasteiger partial charge in [0.25, 0.3) is 15.2 Å². The largest absolute Gasteiger partial charge is 1.00 e. The molecule has 1 aliphatic heterocycles. The van der Waals surface area contributed by atoms with Crippen LogP contribution in [-0.2, 0) is 0 Å². The topological polar surface area (TPSA) is 0 Å². The Kier molecular flexibility index (Phi) is 5.66. The smallest absolute Gasteiger partial charge is 1.00 e. The SMILES string of the molecule is FC1[CH2][AlH][CH](F)C(F)C1F.[H-].[Na+]. The summed E-state index contributed by atoms with van der Waals surface area (Å²) in [6, 6.07) is 0. The van der Waals surface area contributed by atoms with E-state index in [0.29, 0.717) is 0 Å². The zero-order chi connectivity index (χ0) is 7.72. The molecule has 1 fully saturated rings. The molecule has 1 saturated heterocycles. The fraction of sp³-hybridized carbons (Fsp3) is 1.00. The van der Waals surface area contributed by atoms with Gasteiger partial charge in [-0.1, -0.05) is 5.28 Å². The third-order valence-electron chi connectivity index (χ3n) is 1.71. The van der Waals surface area contributed by atoms with Crippen LogP contribution in [0.5, 0.6) is 0 Å². The minimum Gasteiger partial charge on any atom is -1.00 e. The Labute approximate surface area is 92.2 Å². The van der Waals surface area contributed by atoms with E-state index in [9.17, 15) is 17.6 Å². The Balaban J connectivity index is 0. The zero-order valence-corrected chi connectivity index (χ0v) is 9.65. The van der Waals surface area contributed by atoms with E-state index in [1.54, 1.807) is 0 Å². The summed E-state index contributed by atoms with van der Waals surface area (Å²) in [6.45, 7) is 0. The minimum atomic E-state index is -2.23. The van der Waals surface area contributed by atoms with Gasteiger partial charge in [-0.15, -0.1) is 0 Å². The average Bonchev–Trinajstić information content (AvgIpc) is 1.93. The van der Waals surface area contributed by atoms with Gasteiger partial charge in [-0.05, 0) is 0 Å². The summed E-state index contributed by atoms with van der Waals surface area (Å²) in [5, 5.41) is -1.75. The normalized spacial score (nSPS) is 44.0. The van der Waals surface area contributed by atoms with E-state index in [1.165, 1.54) is 0 Å². The molecule has 60 valence electrons. The number of hydrogen-bond acceptors (Lipinski definition) is 0. The molecule has 0 N–H and O–H groups in total. The summed E-state index contributed by atoms with van der Waals surface area (Å²) in [5.41, 5.74) is 0. The number of rotatable bonds is 0. The molecule has 0 aromatic carbocycles. The molecule has 0 amide bonds. The van der Waals surface area contributed by atoms with Gasteiger partial charge in [0.2, 0.25) is 0 Å². The van der Waals surface area contributed by atoms with Gasteiger partial charge in [-0.3, -0.25) is 4.39 Å². The van der Waals surface area contributed by atoms with Crippen LogP contribution in [0, 0.1) is 0 Å². The monoisotopic (exact) mass is 194 g/mol. The third-order valence-corrected chi connectivity index (χ3v) is 3.60. The van der Waals surface area contributed by atoms with Crippen LogP contribution >= 0.6 is 0 Å². The van der Waals surface area contributed by atoms with Crippen LogP contribution in [0.3, 0.4) is 0 Å². The quantitative estimate of drug-likeness (QED) is 0.318. The van der Waals surface area contributed by atoms with Crippen molar-refractivity contribution in [2.75, 3.05) is 0 Å². The van der Waals surface area contributed by atoms with E-state index >= 15 is 0 Å². The molecule has 0 radical (unpaired) electrons. The molecule has 4 unspecified atom stereocenters. The molecular formula is C5H8AlF4Na. The van der Waals surface area contributed by atoms with Crippen molar-refractivity contribution in [2.24, 2.45) is 0 Å². The van der Waals surface area contributed by atoms with E-state index in [-0.39, 0.29) is 36.3 Å². The maximum absolute atomic E-state index is 12.3. The van der Waals surface area contributed by atoms with E-state index in [4.69, 9.17) is 0 Å². The maximum atomic E-state index is 12.3. The Morgan fingerprint density at radius 3 is 2.09 bits per heavy atom. The Morgan fingerprint density at radius 1 is 1.09 bits per heavy atom. The van der Waals surface area contributed by atoms with E-state index in [2.05, 4.69) is 0 Å². The molecule has 0 aliphatic carbocycles. The van der Waals surface area contributed by atoms with Crippen LogP contribution in [-0.4, -0.2) is 38.8 Å². The third kappa shape index (κ3) is 2.89. The number of hydrogen-bond donors (Lipinski definition) is 0. The number of alkyl halides is 4. The first-order chi connectivity index (χ1) is 4.63. The van der Waals surface area contributed by atoms with Crippen molar-refractivity contribution in [3.8, 4) is 0 Å². The van der Waals surface area contributed by atoms with Crippen molar-refractivity contribution in [3.63, 3.8) is 0 Å². The molecule has 0 saturated carbocycles. The molecule has 0 aromatic rings. The molecule has 0 spiro atoms. The molecule has 0 aromatic heterocycles. The van der Waals surface area contributed by atoms with Crippen LogP contribution in [0.1, 0.15) is 1.43 Å². The van der Waals surface area contributed by atoms with Crippen molar-refractivity contribution in [1.82, 2.24) is 0 Å². The molecule has 4 atom stereocenters. The molecule has 1 aliphatic rings. The predicted molar refractivity (Wildman–Crippen MR) is 32.7 cm³/mol. The van der Waals surface area contributed by atoms with Crippen molar-refractivity contribution >= 4 is 15.2 Å². The molecule has 6 heteroatoms. The molecule has 0 nitrogen and oxygen atoms in total. The minimum absolute atomic E-state index is 0. The first-order valence-electron chi connectivity index (χ1n) is 3.19. The van der Waals surface area contributed by atoms with Crippen molar-refractivity contribution in [2.45, 2.75) is 28.8 Å². The van der Waals surface area contributed by atoms with Gasteiger partial charge >= 0.3 is 29.6 Å². The second-order valence-electron chi connectivity index (χ2n) is 2.50. The van der Waals surface area contributed by atoms with Gasteiger partial charge in [-0.2, -0.15) is 0 Å².